The highest BCUT2D eigenvalue weighted by atomic mass is 32.2. The van der Waals surface area contributed by atoms with E-state index in [9.17, 15) is 24.3 Å². The molecule has 192 valence electrons. The van der Waals surface area contributed by atoms with Gasteiger partial charge >= 0.3 is 5.97 Å². The molecule has 0 aliphatic rings. The molecule has 6 N–H and O–H groups in total. The zero-order chi connectivity index (χ0) is 25.6. The Hall–Kier alpha value is -1.46. The van der Waals surface area contributed by atoms with Crippen LogP contribution >= 0.6 is 23.5 Å². The molecule has 0 fully saturated rings. The van der Waals surface area contributed by atoms with Gasteiger partial charge in [0.2, 0.25) is 17.7 Å². The standard InChI is InChI=1S/C22H42N4O5S2/c1-7-14(4)18(26-19(27)15(23)12-13(2)3)21(29)24-16(8-10-32-5)20(28)25-17(22(30)31)9-11-33-6/h13-18H,7-12,23H2,1-6H3,(H,24,29)(H,25,28)(H,26,27)(H,30,31). The van der Waals surface area contributed by atoms with Crippen molar-refractivity contribution < 1.29 is 24.3 Å². The van der Waals surface area contributed by atoms with Crippen LogP contribution in [0.25, 0.3) is 0 Å². The normalized spacial score (nSPS) is 15.8. The van der Waals surface area contributed by atoms with Crippen molar-refractivity contribution >= 4 is 47.2 Å². The van der Waals surface area contributed by atoms with E-state index in [0.29, 0.717) is 30.8 Å². The topological polar surface area (TPSA) is 151 Å². The van der Waals surface area contributed by atoms with Crippen molar-refractivity contribution in [1.29, 1.82) is 0 Å². The molecule has 3 amide bonds. The maximum absolute atomic E-state index is 13.1. The van der Waals surface area contributed by atoms with E-state index in [2.05, 4.69) is 16.0 Å². The summed E-state index contributed by atoms with van der Waals surface area (Å²) >= 11 is 3.01. The van der Waals surface area contributed by atoms with Crippen LogP contribution in [0.15, 0.2) is 0 Å². The molecule has 0 saturated heterocycles. The van der Waals surface area contributed by atoms with Gasteiger partial charge in [0.1, 0.15) is 18.1 Å². The summed E-state index contributed by atoms with van der Waals surface area (Å²) in [6.07, 6.45) is 5.49. The first-order chi connectivity index (χ1) is 15.5. The number of nitrogens with two attached hydrogens (primary N) is 1. The van der Waals surface area contributed by atoms with Crippen molar-refractivity contribution in [2.24, 2.45) is 17.6 Å². The lowest BCUT2D eigenvalue weighted by molar-refractivity contribution is -0.142. The zero-order valence-electron chi connectivity index (χ0n) is 20.7. The first-order valence-electron chi connectivity index (χ1n) is 11.4. The second-order valence-corrected chi connectivity index (χ2v) is 10.6. The fourth-order valence-corrected chi connectivity index (χ4v) is 4.05. The van der Waals surface area contributed by atoms with Gasteiger partial charge in [0.05, 0.1) is 6.04 Å². The number of nitrogens with one attached hydrogen (secondary N) is 3. The first kappa shape index (κ1) is 31.5. The molecule has 0 saturated carbocycles. The number of aliphatic carboxylic acids is 1. The van der Waals surface area contributed by atoms with Gasteiger partial charge in [-0.25, -0.2) is 4.79 Å². The number of amides is 3. The van der Waals surface area contributed by atoms with E-state index >= 15 is 0 Å². The van der Waals surface area contributed by atoms with Crippen LogP contribution in [-0.4, -0.2) is 77.0 Å². The fraction of sp³-hybridized carbons (Fsp3) is 0.818. The van der Waals surface area contributed by atoms with Gasteiger partial charge in [-0.05, 0) is 55.1 Å². The molecule has 0 radical (unpaired) electrons. The van der Waals surface area contributed by atoms with Gasteiger partial charge in [0.15, 0.2) is 0 Å². The Bertz CT molecular complexity index is 636. The number of carbonyl (C=O) groups is 4. The number of hydrogen-bond acceptors (Lipinski definition) is 7. The molecule has 0 bridgehead atoms. The predicted molar refractivity (Wildman–Crippen MR) is 136 cm³/mol. The summed E-state index contributed by atoms with van der Waals surface area (Å²) in [6.45, 7) is 7.68. The summed E-state index contributed by atoms with van der Waals surface area (Å²) in [5, 5.41) is 17.4. The molecule has 0 aromatic rings. The third-order valence-corrected chi connectivity index (χ3v) is 6.61. The minimum Gasteiger partial charge on any atom is -0.480 e. The zero-order valence-corrected chi connectivity index (χ0v) is 22.3. The van der Waals surface area contributed by atoms with Crippen LogP contribution < -0.4 is 21.7 Å². The summed E-state index contributed by atoms with van der Waals surface area (Å²) < 4.78 is 0. The van der Waals surface area contributed by atoms with Gasteiger partial charge in [-0.15, -0.1) is 0 Å². The first-order valence-corrected chi connectivity index (χ1v) is 14.1. The molecule has 0 aromatic carbocycles. The van der Waals surface area contributed by atoms with Gasteiger partial charge in [0.25, 0.3) is 0 Å². The van der Waals surface area contributed by atoms with Gasteiger partial charge < -0.3 is 26.8 Å². The second kappa shape index (κ2) is 17.0. The van der Waals surface area contributed by atoms with E-state index in [4.69, 9.17) is 5.73 Å². The molecule has 5 atom stereocenters. The maximum Gasteiger partial charge on any atom is 0.326 e. The summed E-state index contributed by atoms with van der Waals surface area (Å²) in [4.78, 5) is 50.1. The highest BCUT2D eigenvalue weighted by Gasteiger charge is 2.32. The second-order valence-electron chi connectivity index (χ2n) is 8.63. The number of hydrogen-bond donors (Lipinski definition) is 5. The highest BCUT2D eigenvalue weighted by Crippen LogP contribution is 2.12. The van der Waals surface area contributed by atoms with Crippen molar-refractivity contribution in [3.63, 3.8) is 0 Å². The van der Waals surface area contributed by atoms with E-state index < -0.39 is 47.9 Å². The summed E-state index contributed by atoms with van der Waals surface area (Å²) in [7, 11) is 0. The van der Waals surface area contributed by atoms with Crippen molar-refractivity contribution in [2.75, 3.05) is 24.0 Å². The Labute approximate surface area is 206 Å². The van der Waals surface area contributed by atoms with E-state index in [1.165, 1.54) is 23.5 Å². The largest absolute Gasteiger partial charge is 0.480 e. The van der Waals surface area contributed by atoms with Crippen LogP contribution in [-0.2, 0) is 19.2 Å². The van der Waals surface area contributed by atoms with Crippen LogP contribution in [0.3, 0.4) is 0 Å². The van der Waals surface area contributed by atoms with Gasteiger partial charge in [-0.3, -0.25) is 14.4 Å². The minimum atomic E-state index is -1.11. The van der Waals surface area contributed by atoms with Crippen LogP contribution in [0.4, 0.5) is 0 Å². The Morgan fingerprint density at radius 2 is 1.36 bits per heavy atom. The molecule has 11 heteroatoms. The molecule has 0 rings (SSSR count). The van der Waals surface area contributed by atoms with Gasteiger partial charge in [-0.1, -0.05) is 34.1 Å². The quantitative estimate of drug-likeness (QED) is 0.199. The fourth-order valence-electron chi connectivity index (χ4n) is 3.11. The van der Waals surface area contributed by atoms with Crippen LogP contribution in [0.1, 0.15) is 53.4 Å². The molecule has 33 heavy (non-hydrogen) atoms. The Morgan fingerprint density at radius 3 is 1.82 bits per heavy atom. The van der Waals surface area contributed by atoms with Crippen molar-refractivity contribution in [2.45, 2.75) is 77.5 Å². The molecule has 0 heterocycles. The van der Waals surface area contributed by atoms with Gasteiger partial charge in [0, 0.05) is 0 Å². The predicted octanol–water partition coefficient (Wildman–Crippen LogP) is 1.45. The monoisotopic (exact) mass is 506 g/mol. The third-order valence-electron chi connectivity index (χ3n) is 5.32. The average molecular weight is 507 g/mol. The Balaban J connectivity index is 5.46. The molecule has 5 unspecified atom stereocenters. The molecule has 9 nitrogen and oxygen atoms in total. The van der Waals surface area contributed by atoms with Gasteiger partial charge in [-0.2, -0.15) is 23.5 Å². The minimum absolute atomic E-state index is 0.183. The molecule has 0 aliphatic heterocycles. The van der Waals surface area contributed by atoms with Crippen molar-refractivity contribution in [1.82, 2.24) is 16.0 Å². The Morgan fingerprint density at radius 1 is 0.848 bits per heavy atom. The van der Waals surface area contributed by atoms with Crippen molar-refractivity contribution in [3.8, 4) is 0 Å². The SMILES string of the molecule is CCC(C)C(NC(=O)C(N)CC(C)C)C(=O)NC(CCSC)C(=O)NC(CCSC)C(=O)O. The lowest BCUT2D eigenvalue weighted by atomic mass is 9.96. The number of thioether (sulfide) groups is 2. The van der Waals surface area contributed by atoms with Crippen molar-refractivity contribution in [3.05, 3.63) is 0 Å². The van der Waals surface area contributed by atoms with Crippen LogP contribution in [0.2, 0.25) is 0 Å². The number of carboxylic acid groups (broad SMARTS) is 1. The smallest absolute Gasteiger partial charge is 0.326 e. The number of carbonyl (C=O) groups excluding carboxylic acids is 3. The summed E-state index contributed by atoms with van der Waals surface area (Å²) in [5.41, 5.74) is 5.98. The van der Waals surface area contributed by atoms with E-state index in [-0.39, 0.29) is 18.3 Å². The Kier molecular flexibility index (Phi) is 16.3. The summed E-state index contributed by atoms with van der Waals surface area (Å²) in [6, 6.07) is -3.52. The molecular formula is C22H42N4O5S2. The molecule has 0 aliphatic carbocycles. The van der Waals surface area contributed by atoms with E-state index in [0.717, 1.165) is 0 Å². The lowest BCUT2D eigenvalue weighted by Gasteiger charge is -2.28. The number of carboxylic acids is 1. The van der Waals surface area contributed by atoms with Crippen LogP contribution in [0.5, 0.6) is 0 Å². The lowest BCUT2D eigenvalue weighted by Crippen LogP contribution is -2.58. The number of rotatable bonds is 17. The highest BCUT2D eigenvalue weighted by molar-refractivity contribution is 7.98. The molecule has 0 aromatic heterocycles. The van der Waals surface area contributed by atoms with E-state index in [1.807, 2.05) is 40.2 Å². The maximum atomic E-state index is 13.1. The van der Waals surface area contributed by atoms with E-state index in [1.54, 1.807) is 0 Å². The summed E-state index contributed by atoms with van der Waals surface area (Å²) in [5.74, 6) is -1.32. The molecule has 0 spiro atoms. The molecular weight excluding hydrogens is 464 g/mol. The van der Waals surface area contributed by atoms with Crippen LogP contribution in [0, 0.1) is 11.8 Å². The average Bonchev–Trinajstić information content (AvgIpc) is 2.75. The third kappa shape index (κ3) is 12.5.